The zero-order chi connectivity index (χ0) is 20.8. The summed E-state index contributed by atoms with van der Waals surface area (Å²) in [6.45, 7) is 2.60. The van der Waals surface area contributed by atoms with Gasteiger partial charge in [-0.2, -0.15) is 0 Å². The van der Waals surface area contributed by atoms with Gasteiger partial charge in [0.1, 0.15) is 23.3 Å². The van der Waals surface area contributed by atoms with E-state index < -0.39 is 17.7 Å². The van der Waals surface area contributed by atoms with Crippen molar-refractivity contribution in [2.24, 2.45) is 0 Å². The maximum Gasteiger partial charge on any atom is 0.295 e. The van der Waals surface area contributed by atoms with E-state index in [1.807, 2.05) is 6.92 Å². The lowest BCUT2D eigenvalue weighted by Crippen LogP contribution is -2.33. The molecule has 2 aromatic rings. The van der Waals surface area contributed by atoms with Gasteiger partial charge in [-0.15, -0.1) is 0 Å². The Morgan fingerprint density at radius 3 is 2.55 bits per heavy atom. The van der Waals surface area contributed by atoms with Crippen LogP contribution in [0.4, 0.5) is 0 Å². The SMILES string of the molecule is CCOc1ccc(C(O)=C2C(=O)C(=O)N(CCOCCO)C2c2ccco2)cc1. The number of Topliss-reactive ketones (excluding diaryl/α,β-unsaturated/α-hetero) is 1. The number of furan rings is 1. The fourth-order valence-corrected chi connectivity index (χ4v) is 3.21. The van der Waals surface area contributed by atoms with Gasteiger partial charge < -0.3 is 29.0 Å². The van der Waals surface area contributed by atoms with E-state index in [-0.39, 0.29) is 37.7 Å². The number of ether oxygens (including phenoxy) is 2. The number of amides is 1. The smallest absolute Gasteiger partial charge is 0.295 e. The minimum Gasteiger partial charge on any atom is -0.507 e. The van der Waals surface area contributed by atoms with Crippen molar-refractivity contribution in [3.63, 3.8) is 0 Å². The number of ketones is 1. The maximum atomic E-state index is 12.7. The summed E-state index contributed by atoms with van der Waals surface area (Å²) in [6, 6.07) is 9.03. The number of benzene rings is 1. The second-order valence-electron chi connectivity index (χ2n) is 6.30. The third-order valence-corrected chi connectivity index (χ3v) is 4.50. The van der Waals surface area contributed by atoms with Gasteiger partial charge in [-0.3, -0.25) is 9.59 Å². The number of hydrogen-bond acceptors (Lipinski definition) is 7. The minimum atomic E-state index is -0.866. The molecule has 1 unspecified atom stereocenters. The zero-order valence-corrected chi connectivity index (χ0v) is 16.0. The summed E-state index contributed by atoms with van der Waals surface area (Å²) in [5.74, 6) is -0.829. The van der Waals surface area contributed by atoms with E-state index in [0.29, 0.717) is 23.7 Å². The van der Waals surface area contributed by atoms with Crippen LogP contribution in [0, 0.1) is 0 Å². The monoisotopic (exact) mass is 401 g/mol. The van der Waals surface area contributed by atoms with E-state index in [1.54, 1.807) is 36.4 Å². The van der Waals surface area contributed by atoms with Crippen molar-refractivity contribution in [2.75, 3.05) is 33.0 Å². The Kier molecular flexibility index (Phi) is 6.69. The van der Waals surface area contributed by atoms with Crippen LogP contribution in [-0.2, 0) is 14.3 Å². The van der Waals surface area contributed by atoms with E-state index in [4.69, 9.17) is 19.0 Å². The van der Waals surface area contributed by atoms with Crippen LogP contribution < -0.4 is 4.74 Å². The first-order chi connectivity index (χ1) is 14.1. The van der Waals surface area contributed by atoms with E-state index in [9.17, 15) is 14.7 Å². The van der Waals surface area contributed by atoms with E-state index in [2.05, 4.69) is 0 Å². The number of carbonyl (C=O) groups excluding carboxylic acids is 2. The molecule has 2 N–H and O–H groups in total. The fourth-order valence-electron chi connectivity index (χ4n) is 3.21. The molecular weight excluding hydrogens is 378 g/mol. The highest BCUT2D eigenvalue weighted by Crippen LogP contribution is 2.39. The van der Waals surface area contributed by atoms with Gasteiger partial charge in [0.2, 0.25) is 0 Å². The van der Waals surface area contributed by atoms with Crippen molar-refractivity contribution in [1.29, 1.82) is 0 Å². The summed E-state index contributed by atoms with van der Waals surface area (Å²) in [5, 5.41) is 19.7. The van der Waals surface area contributed by atoms with Crippen LogP contribution in [0.15, 0.2) is 52.7 Å². The molecule has 1 saturated heterocycles. The number of nitrogens with zero attached hydrogens (tertiary/aromatic N) is 1. The number of hydrogen-bond donors (Lipinski definition) is 2. The van der Waals surface area contributed by atoms with Crippen molar-refractivity contribution in [3.05, 3.63) is 59.6 Å². The quantitative estimate of drug-likeness (QED) is 0.287. The number of aliphatic hydroxyl groups is 2. The van der Waals surface area contributed by atoms with Crippen LogP contribution in [0.2, 0.25) is 0 Å². The van der Waals surface area contributed by atoms with Gasteiger partial charge in [0.15, 0.2) is 0 Å². The molecule has 1 aromatic carbocycles. The van der Waals surface area contributed by atoms with Crippen LogP contribution in [0.25, 0.3) is 5.76 Å². The summed E-state index contributed by atoms with van der Waals surface area (Å²) < 4.78 is 16.1. The maximum absolute atomic E-state index is 12.7. The number of rotatable bonds is 9. The molecule has 1 atom stereocenters. The Labute approximate surface area is 168 Å². The Bertz CT molecular complexity index is 871. The lowest BCUT2D eigenvalue weighted by molar-refractivity contribution is -0.140. The third kappa shape index (κ3) is 4.33. The van der Waals surface area contributed by atoms with Gasteiger partial charge >= 0.3 is 0 Å². The van der Waals surface area contributed by atoms with Gasteiger partial charge in [-0.25, -0.2) is 0 Å². The second-order valence-corrected chi connectivity index (χ2v) is 6.30. The molecule has 1 fully saturated rings. The summed E-state index contributed by atoms with van der Waals surface area (Å²) in [6.07, 6.45) is 1.44. The molecule has 1 amide bonds. The molecule has 0 spiro atoms. The first kappa shape index (κ1) is 20.6. The molecule has 154 valence electrons. The molecule has 8 heteroatoms. The normalized spacial score (nSPS) is 18.4. The molecule has 29 heavy (non-hydrogen) atoms. The predicted molar refractivity (Wildman–Crippen MR) is 103 cm³/mol. The predicted octanol–water partition coefficient (Wildman–Crippen LogP) is 2.11. The molecule has 1 aliphatic rings. The minimum absolute atomic E-state index is 0.0451. The molecule has 0 radical (unpaired) electrons. The highest BCUT2D eigenvalue weighted by atomic mass is 16.5. The highest BCUT2D eigenvalue weighted by Gasteiger charge is 2.47. The lowest BCUT2D eigenvalue weighted by atomic mass is 9.99. The number of likely N-dealkylation sites (tertiary alicyclic amines) is 1. The van der Waals surface area contributed by atoms with E-state index >= 15 is 0 Å². The molecule has 0 bridgehead atoms. The summed E-state index contributed by atoms with van der Waals surface area (Å²) >= 11 is 0. The Balaban J connectivity index is 1.97. The Morgan fingerprint density at radius 1 is 1.17 bits per heavy atom. The summed E-state index contributed by atoms with van der Waals surface area (Å²) in [7, 11) is 0. The fraction of sp³-hybridized carbons (Fsp3) is 0.333. The molecule has 1 aliphatic heterocycles. The van der Waals surface area contributed by atoms with Gasteiger partial charge in [0.25, 0.3) is 11.7 Å². The summed E-state index contributed by atoms with van der Waals surface area (Å²) in [4.78, 5) is 26.7. The van der Waals surface area contributed by atoms with Gasteiger partial charge in [0, 0.05) is 12.1 Å². The molecule has 8 nitrogen and oxygen atoms in total. The van der Waals surface area contributed by atoms with Crippen molar-refractivity contribution < 1.29 is 33.7 Å². The molecule has 0 saturated carbocycles. The standard InChI is InChI=1S/C21H23NO7/c1-2-28-15-7-5-14(6-8-15)19(24)17-18(16-4-3-11-29-16)22(21(26)20(17)25)9-12-27-13-10-23/h3-8,11,18,23-24H,2,9-10,12-13H2,1H3. The van der Waals surface area contributed by atoms with Crippen molar-refractivity contribution in [1.82, 2.24) is 4.90 Å². The molecule has 0 aliphatic carbocycles. The first-order valence-corrected chi connectivity index (χ1v) is 9.32. The lowest BCUT2D eigenvalue weighted by Gasteiger charge is -2.23. The van der Waals surface area contributed by atoms with Crippen LogP contribution in [-0.4, -0.2) is 59.8 Å². The third-order valence-electron chi connectivity index (χ3n) is 4.50. The average Bonchev–Trinajstić information content (AvgIpc) is 3.34. The first-order valence-electron chi connectivity index (χ1n) is 9.32. The van der Waals surface area contributed by atoms with E-state index in [1.165, 1.54) is 11.2 Å². The molecular formula is C21H23NO7. The Hall–Kier alpha value is -3.10. The highest BCUT2D eigenvalue weighted by molar-refractivity contribution is 6.46. The second kappa shape index (κ2) is 9.40. The number of aliphatic hydroxyl groups excluding tert-OH is 2. The van der Waals surface area contributed by atoms with Gasteiger partial charge in [0.05, 0.1) is 38.3 Å². The van der Waals surface area contributed by atoms with Crippen LogP contribution >= 0.6 is 0 Å². The Morgan fingerprint density at radius 2 is 1.93 bits per heavy atom. The number of carbonyl (C=O) groups is 2. The van der Waals surface area contributed by atoms with Crippen LogP contribution in [0.5, 0.6) is 5.75 Å². The molecule has 2 heterocycles. The van der Waals surface area contributed by atoms with Gasteiger partial charge in [-0.1, -0.05) is 0 Å². The molecule has 1 aromatic heterocycles. The van der Waals surface area contributed by atoms with Crippen molar-refractivity contribution in [3.8, 4) is 5.75 Å². The van der Waals surface area contributed by atoms with Crippen LogP contribution in [0.1, 0.15) is 24.3 Å². The average molecular weight is 401 g/mol. The largest absolute Gasteiger partial charge is 0.507 e. The van der Waals surface area contributed by atoms with Gasteiger partial charge in [-0.05, 0) is 43.3 Å². The van der Waals surface area contributed by atoms with Crippen molar-refractivity contribution >= 4 is 17.4 Å². The topological polar surface area (TPSA) is 109 Å². The van der Waals surface area contributed by atoms with Crippen LogP contribution in [0.3, 0.4) is 0 Å². The summed E-state index contributed by atoms with van der Waals surface area (Å²) in [5.41, 5.74) is 0.343. The van der Waals surface area contributed by atoms with E-state index in [0.717, 1.165) is 0 Å². The van der Waals surface area contributed by atoms with Crippen molar-refractivity contribution in [2.45, 2.75) is 13.0 Å². The zero-order valence-electron chi connectivity index (χ0n) is 16.0. The molecule has 3 rings (SSSR count).